The fourth-order valence-electron chi connectivity index (χ4n) is 4.16. The summed E-state index contributed by atoms with van der Waals surface area (Å²) < 4.78 is 12.3. The number of likely N-dealkylation sites (tertiary alicyclic amines) is 1. The summed E-state index contributed by atoms with van der Waals surface area (Å²) in [5.74, 6) is 0.748. The number of carbonyl (C=O) groups is 1. The molecule has 1 fully saturated rings. The number of fused-ring (bicyclic) bond motifs is 1. The standard InChI is InChI=1S/C23H22Cl2N6O4/c1-34-17-6-18(35-2)22(25)20(21(17)24)16-5-15-14(8-26-16)23(29-28-15)12-7-27-31(9-12)11-19(33)30-4-3-13(32)10-30/h5-9,13,32H,3-4,10-11H2,1-2H3,(H,28,29). The van der Waals surface area contributed by atoms with Gasteiger partial charge in [0, 0.05) is 48.1 Å². The van der Waals surface area contributed by atoms with Gasteiger partial charge in [0.15, 0.2) is 0 Å². The maximum Gasteiger partial charge on any atom is 0.244 e. The number of halogens is 2. The van der Waals surface area contributed by atoms with E-state index in [2.05, 4.69) is 20.3 Å². The van der Waals surface area contributed by atoms with E-state index in [1.165, 1.54) is 14.2 Å². The minimum absolute atomic E-state index is 0.0862. The summed E-state index contributed by atoms with van der Waals surface area (Å²) in [5, 5.41) is 22.8. The number of methoxy groups -OCH3 is 2. The van der Waals surface area contributed by atoms with E-state index in [0.29, 0.717) is 63.5 Å². The summed E-state index contributed by atoms with van der Waals surface area (Å²) in [6.07, 6.45) is 5.23. The van der Waals surface area contributed by atoms with Gasteiger partial charge in [0.25, 0.3) is 0 Å². The first-order valence-electron chi connectivity index (χ1n) is 10.8. The van der Waals surface area contributed by atoms with E-state index in [-0.39, 0.29) is 12.5 Å². The molecule has 1 aliphatic heterocycles. The average Bonchev–Trinajstić information content (AvgIpc) is 3.59. The number of nitrogens with one attached hydrogen (secondary N) is 1. The van der Waals surface area contributed by atoms with Gasteiger partial charge in [0.2, 0.25) is 5.91 Å². The van der Waals surface area contributed by atoms with Gasteiger partial charge in [-0.05, 0) is 12.5 Å². The number of carbonyl (C=O) groups excluding carboxylic acids is 1. The summed E-state index contributed by atoms with van der Waals surface area (Å²) in [5.41, 5.74) is 3.11. The van der Waals surface area contributed by atoms with Crippen LogP contribution < -0.4 is 9.47 Å². The van der Waals surface area contributed by atoms with Crippen LogP contribution in [0.5, 0.6) is 11.5 Å². The predicted molar refractivity (Wildman–Crippen MR) is 131 cm³/mol. The minimum atomic E-state index is -0.456. The number of aromatic amines is 1. The first kappa shape index (κ1) is 23.4. The second-order valence-corrected chi connectivity index (χ2v) is 8.94. The van der Waals surface area contributed by atoms with Crippen molar-refractivity contribution in [3.05, 3.63) is 40.8 Å². The van der Waals surface area contributed by atoms with Gasteiger partial charge < -0.3 is 19.5 Å². The van der Waals surface area contributed by atoms with E-state index >= 15 is 0 Å². The Hall–Kier alpha value is -3.34. The highest BCUT2D eigenvalue weighted by Gasteiger charge is 2.25. The van der Waals surface area contributed by atoms with Crippen molar-refractivity contribution in [3.8, 4) is 34.0 Å². The van der Waals surface area contributed by atoms with Crippen LogP contribution in [0.1, 0.15) is 6.42 Å². The number of hydrogen-bond donors (Lipinski definition) is 2. The molecule has 10 nitrogen and oxygen atoms in total. The van der Waals surface area contributed by atoms with Gasteiger partial charge in [-0.1, -0.05) is 23.2 Å². The number of amides is 1. The molecule has 1 aliphatic rings. The molecule has 4 aromatic rings. The van der Waals surface area contributed by atoms with Crippen LogP contribution in [0.25, 0.3) is 33.4 Å². The van der Waals surface area contributed by atoms with E-state index in [9.17, 15) is 9.90 Å². The number of hydrogen-bond acceptors (Lipinski definition) is 7. The van der Waals surface area contributed by atoms with Crippen molar-refractivity contribution in [2.24, 2.45) is 0 Å². The van der Waals surface area contributed by atoms with Crippen LogP contribution >= 0.6 is 23.2 Å². The van der Waals surface area contributed by atoms with Gasteiger partial charge in [0.1, 0.15) is 23.7 Å². The van der Waals surface area contributed by atoms with Crippen molar-refractivity contribution < 1.29 is 19.4 Å². The van der Waals surface area contributed by atoms with Crippen LogP contribution in [0.4, 0.5) is 0 Å². The van der Waals surface area contributed by atoms with Crippen LogP contribution in [0.2, 0.25) is 10.0 Å². The Morgan fingerprint density at radius 2 is 1.94 bits per heavy atom. The van der Waals surface area contributed by atoms with Crippen LogP contribution in [-0.2, 0) is 11.3 Å². The largest absolute Gasteiger partial charge is 0.495 e. The van der Waals surface area contributed by atoms with Crippen LogP contribution in [0.3, 0.4) is 0 Å². The Kier molecular flexibility index (Phi) is 6.26. The normalized spacial score (nSPS) is 15.7. The second kappa shape index (κ2) is 9.37. The maximum absolute atomic E-state index is 12.5. The summed E-state index contributed by atoms with van der Waals surface area (Å²) in [7, 11) is 3.02. The molecule has 1 unspecified atom stereocenters. The molecule has 0 aliphatic carbocycles. The number of ether oxygens (including phenoxy) is 2. The quantitative estimate of drug-likeness (QED) is 0.403. The molecule has 4 heterocycles. The molecule has 0 bridgehead atoms. The Balaban J connectivity index is 1.44. The zero-order valence-electron chi connectivity index (χ0n) is 19.0. The molecular formula is C23H22Cl2N6O4. The van der Waals surface area contributed by atoms with Crippen LogP contribution in [0.15, 0.2) is 30.7 Å². The fourth-order valence-corrected chi connectivity index (χ4v) is 4.85. The molecule has 182 valence electrons. The lowest BCUT2D eigenvalue weighted by atomic mass is 10.1. The summed E-state index contributed by atoms with van der Waals surface area (Å²) in [6.45, 7) is 1.00. The monoisotopic (exact) mass is 516 g/mol. The van der Waals surface area contributed by atoms with E-state index in [1.54, 1.807) is 40.3 Å². The minimum Gasteiger partial charge on any atom is -0.495 e. The molecule has 0 spiro atoms. The molecular weight excluding hydrogens is 495 g/mol. The SMILES string of the molecule is COc1cc(OC)c(Cl)c(-c2cc3[nH]nc(-c4cnn(CC(=O)N5CCC(O)C5)c4)c3cn2)c1Cl. The zero-order chi connectivity index (χ0) is 24.7. The number of H-pyrrole nitrogens is 1. The van der Waals surface area contributed by atoms with Crippen molar-refractivity contribution in [1.29, 1.82) is 0 Å². The zero-order valence-corrected chi connectivity index (χ0v) is 20.5. The number of aromatic nitrogens is 5. The molecule has 1 atom stereocenters. The van der Waals surface area contributed by atoms with Gasteiger partial charge in [-0.15, -0.1) is 0 Å². The number of rotatable bonds is 6. The fraction of sp³-hybridized carbons (Fsp3) is 0.304. The van der Waals surface area contributed by atoms with Crippen molar-refractivity contribution in [2.45, 2.75) is 19.1 Å². The first-order chi connectivity index (χ1) is 16.9. The van der Waals surface area contributed by atoms with Crippen molar-refractivity contribution >= 4 is 40.0 Å². The third-order valence-corrected chi connectivity index (χ3v) is 6.75. The first-order valence-corrected chi connectivity index (χ1v) is 11.6. The Morgan fingerprint density at radius 3 is 2.60 bits per heavy atom. The number of nitrogens with zero attached hydrogens (tertiary/aromatic N) is 5. The average molecular weight is 517 g/mol. The Bertz CT molecular complexity index is 1390. The summed E-state index contributed by atoms with van der Waals surface area (Å²) >= 11 is 13.1. The molecule has 35 heavy (non-hydrogen) atoms. The molecule has 1 aromatic carbocycles. The molecule has 3 aromatic heterocycles. The number of benzene rings is 1. The number of aliphatic hydroxyl groups excluding tert-OH is 1. The summed E-state index contributed by atoms with van der Waals surface area (Å²) in [4.78, 5) is 18.7. The Labute approximate surface area is 210 Å². The molecule has 5 rings (SSSR count). The molecule has 0 saturated carbocycles. The Morgan fingerprint density at radius 1 is 1.20 bits per heavy atom. The predicted octanol–water partition coefficient (Wildman–Crippen LogP) is 3.41. The second-order valence-electron chi connectivity index (χ2n) is 8.18. The number of β-amino-alcohol motifs (C(OH)–C–C–N with tert-alkyl or cyclic N) is 1. The highest BCUT2D eigenvalue weighted by atomic mass is 35.5. The third kappa shape index (κ3) is 4.29. The topological polar surface area (TPSA) is 118 Å². The maximum atomic E-state index is 12.5. The summed E-state index contributed by atoms with van der Waals surface area (Å²) in [6, 6.07) is 3.42. The van der Waals surface area contributed by atoms with Gasteiger partial charge >= 0.3 is 0 Å². The molecule has 1 saturated heterocycles. The number of pyridine rings is 1. The lowest BCUT2D eigenvalue weighted by molar-refractivity contribution is -0.131. The van der Waals surface area contributed by atoms with Crippen molar-refractivity contribution in [2.75, 3.05) is 27.3 Å². The van der Waals surface area contributed by atoms with Gasteiger partial charge in [-0.2, -0.15) is 10.2 Å². The molecule has 1 amide bonds. The lowest BCUT2D eigenvalue weighted by Gasteiger charge is -2.15. The highest BCUT2D eigenvalue weighted by molar-refractivity contribution is 6.41. The number of aliphatic hydroxyl groups is 1. The van der Waals surface area contributed by atoms with E-state index < -0.39 is 6.10 Å². The van der Waals surface area contributed by atoms with Gasteiger partial charge in [-0.25, -0.2) is 0 Å². The van der Waals surface area contributed by atoms with Gasteiger partial charge in [-0.3, -0.25) is 19.6 Å². The smallest absolute Gasteiger partial charge is 0.244 e. The van der Waals surface area contributed by atoms with Crippen LogP contribution in [-0.4, -0.2) is 74.3 Å². The lowest BCUT2D eigenvalue weighted by Crippen LogP contribution is -2.32. The van der Waals surface area contributed by atoms with E-state index in [1.807, 2.05) is 0 Å². The van der Waals surface area contributed by atoms with Gasteiger partial charge in [0.05, 0.1) is 47.8 Å². The third-order valence-electron chi connectivity index (χ3n) is 6.00. The van der Waals surface area contributed by atoms with E-state index in [4.69, 9.17) is 32.7 Å². The van der Waals surface area contributed by atoms with Crippen molar-refractivity contribution in [3.63, 3.8) is 0 Å². The molecule has 2 N–H and O–H groups in total. The molecule has 0 radical (unpaired) electrons. The van der Waals surface area contributed by atoms with Crippen molar-refractivity contribution in [1.82, 2.24) is 29.9 Å². The highest BCUT2D eigenvalue weighted by Crippen LogP contribution is 2.45. The molecule has 12 heteroatoms. The van der Waals surface area contributed by atoms with Crippen LogP contribution in [0, 0.1) is 0 Å². The van der Waals surface area contributed by atoms with E-state index in [0.717, 1.165) is 10.9 Å².